The number of aromatic nitrogens is 2. The Kier molecular flexibility index (Phi) is 4.48. The zero-order valence-corrected chi connectivity index (χ0v) is 13.4. The van der Waals surface area contributed by atoms with E-state index in [1.54, 1.807) is 0 Å². The standard InChI is InChI=1S/C15H27N5/c1-6-16-14-17-12(2)10-13(18-14)20(5)11-15(19(3)4)8-7-9-15/h10H,6-9,11H2,1-5H3,(H,16,17,18). The Labute approximate surface area is 122 Å². The Hall–Kier alpha value is -1.36. The highest BCUT2D eigenvalue weighted by Gasteiger charge is 2.40. The van der Waals surface area contributed by atoms with Gasteiger partial charge < -0.3 is 15.1 Å². The third kappa shape index (κ3) is 3.03. The fourth-order valence-electron chi connectivity index (χ4n) is 2.84. The van der Waals surface area contributed by atoms with Gasteiger partial charge in [-0.15, -0.1) is 0 Å². The lowest BCUT2D eigenvalue weighted by Gasteiger charge is -2.49. The van der Waals surface area contributed by atoms with E-state index in [9.17, 15) is 0 Å². The molecule has 1 aliphatic carbocycles. The van der Waals surface area contributed by atoms with Crippen LogP contribution in [0, 0.1) is 6.92 Å². The molecule has 0 radical (unpaired) electrons. The Bertz CT molecular complexity index is 454. The fourth-order valence-corrected chi connectivity index (χ4v) is 2.84. The van der Waals surface area contributed by atoms with Crippen LogP contribution >= 0.6 is 0 Å². The Balaban J connectivity index is 2.14. The molecule has 2 rings (SSSR count). The molecule has 20 heavy (non-hydrogen) atoms. The summed E-state index contributed by atoms with van der Waals surface area (Å²) in [4.78, 5) is 13.6. The summed E-state index contributed by atoms with van der Waals surface area (Å²) >= 11 is 0. The number of nitrogens with zero attached hydrogens (tertiary/aromatic N) is 4. The van der Waals surface area contributed by atoms with Gasteiger partial charge in [0.15, 0.2) is 0 Å². The average Bonchev–Trinajstić information content (AvgIpc) is 2.32. The van der Waals surface area contributed by atoms with Gasteiger partial charge in [0.1, 0.15) is 5.82 Å². The summed E-state index contributed by atoms with van der Waals surface area (Å²) in [5.74, 6) is 1.73. The minimum absolute atomic E-state index is 0.311. The highest BCUT2D eigenvalue weighted by atomic mass is 15.3. The van der Waals surface area contributed by atoms with Gasteiger partial charge in [0.2, 0.25) is 5.95 Å². The first kappa shape index (κ1) is 15.0. The van der Waals surface area contributed by atoms with E-state index in [1.807, 2.05) is 6.92 Å². The van der Waals surface area contributed by atoms with Gasteiger partial charge in [0.25, 0.3) is 0 Å². The molecule has 0 unspecified atom stereocenters. The predicted molar refractivity (Wildman–Crippen MR) is 84.5 cm³/mol. The third-order valence-corrected chi connectivity index (χ3v) is 4.33. The van der Waals surface area contributed by atoms with E-state index >= 15 is 0 Å². The normalized spacial score (nSPS) is 16.9. The molecule has 5 nitrogen and oxygen atoms in total. The predicted octanol–water partition coefficient (Wildman–Crippen LogP) is 2.14. The highest BCUT2D eigenvalue weighted by Crippen LogP contribution is 2.37. The van der Waals surface area contributed by atoms with Crippen LogP contribution in [-0.2, 0) is 0 Å². The van der Waals surface area contributed by atoms with Crippen molar-refractivity contribution in [2.45, 2.75) is 38.6 Å². The minimum Gasteiger partial charge on any atom is -0.358 e. The third-order valence-electron chi connectivity index (χ3n) is 4.33. The molecule has 1 saturated carbocycles. The lowest BCUT2D eigenvalue weighted by molar-refractivity contribution is 0.0682. The number of hydrogen-bond donors (Lipinski definition) is 1. The molecule has 0 atom stereocenters. The summed E-state index contributed by atoms with van der Waals surface area (Å²) in [6.07, 6.45) is 3.88. The smallest absolute Gasteiger partial charge is 0.224 e. The first-order valence-corrected chi connectivity index (χ1v) is 7.45. The van der Waals surface area contributed by atoms with Crippen molar-refractivity contribution in [2.75, 3.05) is 44.4 Å². The van der Waals surface area contributed by atoms with Crippen LogP contribution in [0.1, 0.15) is 31.9 Å². The van der Waals surface area contributed by atoms with Gasteiger partial charge in [0, 0.05) is 37.4 Å². The van der Waals surface area contributed by atoms with E-state index in [4.69, 9.17) is 0 Å². The summed E-state index contributed by atoms with van der Waals surface area (Å²) in [5.41, 5.74) is 1.32. The van der Waals surface area contributed by atoms with Gasteiger partial charge in [-0.05, 0) is 47.2 Å². The maximum absolute atomic E-state index is 4.61. The van der Waals surface area contributed by atoms with E-state index < -0.39 is 0 Å². The maximum Gasteiger partial charge on any atom is 0.224 e. The van der Waals surface area contributed by atoms with Crippen LogP contribution in [-0.4, -0.2) is 54.6 Å². The number of likely N-dealkylation sites (N-methyl/N-ethyl adjacent to an activating group) is 2. The molecule has 0 amide bonds. The molecule has 0 saturated heterocycles. The van der Waals surface area contributed by atoms with E-state index in [0.29, 0.717) is 5.54 Å². The molecule has 1 aromatic rings. The van der Waals surface area contributed by atoms with Crippen LogP contribution in [0.25, 0.3) is 0 Å². The molecule has 5 heteroatoms. The molecule has 0 aliphatic heterocycles. The minimum atomic E-state index is 0.311. The van der Waals surface area contributed by atoms with Crippen molar-refractivity contribution in [3.05, 3.63) is 11.8 Å². The van der Waals surface area contributed by atoms with Crippen molar-refractivity contribution in [1.29, 1.82) is 0 Å². The van der Waals surface area contributed by atoms with Crippen molar-refractivity contribution >= 4 is 11.8 Å². The fraction of sp³-hybridized carbons (Fsp3) is 0.733. The quantitative estimate of drug-likeness (QED) is 0.863. The van der Waals surface area contributed by atoms with Gasteiger partial charge in [0.05, 0.1) is 0 Å². The highest BCUT2D eigenvalue weighted by molar-refractivity contribution is 5.44. The number of rotatable bonds is 6. The lowest BCUT2D eigenvalue weighted by atomic mass is 9.75. The van der Waals surface area contributed by atoms with Gasteiger partial charge >= 0.3 is 0 Å². The second-order valence-electron chi connectivity index (χ2n) is 6.05. The summed E-state index contributed by atoms with van der Waals surface area (Å²) < 4.78 is 0. The van der Waals surface area contributed by atoms with Crippen molar-refractivity contribution in [3.63, 3.8) is 0 Å². The molecule has 1 fully saturated rings. The van der Waals surface area contributed by atoms with Crippen molar-refractivity contribution < 1.29 is 0 Å². The van der Waals surface area contributed by atoms with E-state index in [-0.39, 0.29) is 0 Å². The van der Waals surface area contributed by atoms with Crippen molar-refractivity contribution in [2.24, 2.45) is 0 Å². The first-order valence-electron chi connectivity index (χ1n) is 7.45. The number of aryl methyl sites for hydroxylation is 1. The molecular formula is C15H27N5. The van der Waals surface area contributed by atoms with Gasteiger partial charge in [-0.2, -0.15) is 4.98 Å². The van der Waals surface area contributed by atoms with Gasteiger partial charge in [-0.25, -0.2) is 4.98 Å². The molecule has 1 aromatic heterocycles. The van der Waals surface area contributed by atoms with Crippen LogP contribution < -0.4 is 10.2 Å². The Morgan fingerprint density at radius 1 is 1.25 bits per heavy atom. The van der Waals surface area contributed by atoms with Crippen LogP contribution in [0.5, 0.6) is 0 Å². The second-order valence-corrected chi connectivity index (χ2v) is 6.05. The van der Waals surface area contributed by atoms with Gasteiger partial charge in [-0.1, -0.05) is 0 Å². The molecule has 0 spiro atoms. The first-order chi connectivity index (χ1) is 9.47. The van der Waals surface area contributed by atoms with Crippen molar-refractivity contribution in [1.82, 2.24) is 14.9 Å². The van der Waals surface area contributed by atoms with Crippen LogP contribution in [0.15, 0.2) is 6.07 Å². The Morgan fingerprint density at radius 3 is 2.45 bits per heavy atom. The molecular weight excluding hydrogens is 250 g/mol. The molecule has 0 bridgehead atoms. The van der Waals surface area contributed by atoms with Gasteiger partial charge in [-0.3, -0.25) is 0 Å². The van der Waals surface area contributed by atoms with Crippen LogP contribution in [0.2, 0.25) is 0 Å². The van der Waals surface area contributed by atoms with Crippen LogP contribution in [0.3, 0.4) is 0 Å². The molecule has 1 heterocycles. The number of hydrogen-bond acceptors (Lipinski definition) is 5. The second kappa shape index (κ2) is 5.95. The number of anilines is 2. The van der Waals surface area contributed by atoms with Crippen molar-refractivity contribution in [3.8, 4) is 0 Å². The summed E-state index contributed by atoms with van der Waals surface area (Å²) in [6, 6.07) is 2.06. The topological polar surface area (TPSA) is 44.3 Å². The zero-order chi connectivity index (χ0) is 14.8. The summed E-state index contributed by atoms with van der Waals surface area (Å²) in [7, 11) is 6.49. The SMILES string of the molecule is CCNc1nc(C)cc(N(C)CC2(N(C)C)CCC2)n1. The van der Waals surface area contributed by atoms with E-state index in [0.717, 1.165) is 30.5 Å². The number of nitrogens with one attached hydrogen (secondary N) is 1. The summed E-state index contributed by atoms with van der Waals surface area (Å²) in [5, 5.41) is 3.20. The monoisotopic (exact) mass is 277 g/mol. The lowest BCUT2D eigenvalue weighted by Crippen LogP contribution is -2.56. The molecule has 1 N–H and O–H groups in total. The van der Waals surface area contributed by atoms with Crippen LogP contribution in [0.4, 0.5) is 11.8 Å². The zero-order valence-electron chi connectivity index (χ0n) is 13.4. The largest absolute Gasteiger partial charge is 0.358 e. The average molecular weight is 277 g/mol. The Morgan fingerprint density at radius 2 is 1.95 bits per heavy atom. The molecule has 1 aliphatic rings. The molecule has 112 valence electrons. The summed E-state index contributed by atoms with van der Waals surface area (Å²) in [6.45, 7) is 5.94. The maximum atomic E-state index is 4.61. The van der Waals surface area contributed by atoms with E-state index in [2.05, 4.69) is 59.2 Å². The molecule has 0 aromatic carbocycles. The van der Waals surface area contributed by atoms with E-state index in [1.165, 1.54) is 19.3 Å².